The number of aryl methyl sites for hydroxylation is 2. The molecule has 1 N–H and O–H groups in total. The van der Waals surface area contributed by atoms with Gasteiger partial charge in [0.25, 0.3) is 0 Å². The van der Waals surface area contributed by atoms with Gasteiger partial charge in [0.05, 0.1) is 12.0 Å². The summed E-state index contributed by atoms with van der Waals surface area (Å²) in [7, 11) is 0. The molecule has 0 aliphatic heterocycles. The minimum absolute atomic E-state index is 0.538. The molecule has 114 valence electrons. The van der Waals surface area contributed by atoms with Crippen molar-refractivity contribution in [1.82, 2.24) is 14.9 Å². The van der Waals surface area contributed by atoms with E-state index in [9.17, 15) is 0 Å². The summed E-state index contributed by atoms with van der Waals surface area (Å²) < 4.78 is 2.36. The van der Waals surface area contributed by atoms with Crippen molar-refractivity contribution in [1.29, 1.82) is 0 Å². The van der Waals surface area contributed by atoms with Gasteiger partial charge in [-0.3, -0.25) is 0 Å². The molecule has 0 atom stereocenters. The van der Waals surface area contributed by atoms with Gasteiger partial charge in [-0.1, -0.05) is 13.8 Å². The topological polar surface area (TPSA) is 29.9 Å². The molecule has 2 heterocycles. The second kappa shape index (κ2) is 6.32. The molecule has 0 saturated heterocycles. The summed E-state index contributed by atoms with van der Waals surface area (Å²) in [6, 6.07) is 2.90. The zero-order valence-corrected chi connectivity index (χ0v) is 14.1. The van der Waals surface area contributed by atoms with E-state index in [-0.39, 0.29) is 0 Å². The summed E-state index contributed by atoms with van der Waals surface area (Å²) in [6.07, 6.45) is 7.01. The SMILES string of the molecule is Cc1sc(CNC(C)C)cc1Cn1cnc2c1CCCC2. The Hall–Kier alpha value is -1.13. The molecule has 0 unspecified atom stereocenters. The number of aromatic nitrogens is 2. The van der Waals surface area contributed by atoms with Gasteiger partial charge in [0.2, 0.25) is 0 Å². The van der Waals surface area contributed by atoms with Crippen LogP contribution in [-0.2, 0) is 25.9 Å². The van der Waals surface area contributed by atoms with Crippen LogP contribution in [0.5, 0.6) is 0 Å². The van der Waals surface area contributed by atoms with Crippen LogP contribution in [0.15, 0.2) is 12.4 Å². The van der Waals surface area contributed by atoms with E-state index in [2.05, 4.69) is 41.7 Å². The minimum Gasteiger partial charge on any atom is -0.330 e. The largest absolute Gasteiger partial charge is 0.330 e. The number of nitrogens with one attached hydrogen (secondary N) is 1. The monoisotopic (exact) mass is 303 g/mol. The molecule has 0 saturated carbocycles. The van der Waals surface area contributed by atoms with E-state index < -0.39 is 0 Å². The fraction of sp³-hybridized carbons (Fsp3) is 0.588. The van der Waals surface area contributed by atoms with Crippen LogP contribution in [-0.4, -0.2) is 15.6 Å². The third-order valence-electron chi connectivity index (χ3n) is 4.21. The Kier molecular flexibility index (Phi) is 4.45. The van der Waals surface area contributed by atoms with Crippen LogP contribution in [0.4, 0.5) is 0 Å². The lowest BCUT2D eigenvalue weighted by Crippen LogP contribution is -2.21. The minimum atomic E-state index is 0.538. The normalized spacial score (nSPS) is 14.7. The third kappa shape index (κ3) is 3.38. The van der Waals surface area contributed by atoms with Crippen LogP contribution in [0.3, 0.4) is 0 Å². The zero-order chi connectivity index (χ0) is 14.8. The molecule has 2 aromatic heterocycles. The zero-order valence-electron chi connectivity index (χ0n) is 13.3. The fourth-order valence-electron chi connectivity index (χ4n) is 2.99. The van der Waals surface area contributed by atoms with E-state index in [4.69, 9.17) is 0 Å². The summed E-state index contributed by atoms with van der Waals surface area (Å²) in [5.74, 6) is 0. The molecule has 0 aromatic carbocycles. The molecule has 0 spiro atoms. The van der Waals surface area contributed by atoms with E-state index >= 15 is 0 Å². The Labute approximate surface area is 131 Å². The van der Waals surface area contributed by atoms with Gasteiger partial charge in [0.1, 0.15) is 0 Å². The van der Waals surface area contributed by atoms with Crippen LogP contribution in [0.2, 0.25) is 0 Å². The molecule has 0 amide bonds. The van der Waals surface area contributed by atoms with Crippen LogP contribution < -0.4 is 5.32 Å². The highest BCUT2D eigenvalue weighted by Gasteiger charge is 2.16. The highest BCUT2D eigenvalue weighted by Crippen LogP contribution is 2.25. The lowest BCUT2D eigenvalue weighted by atomic mass is 10.0. The Morgan fingerprint density at radius 1 is 1.33 bits per heavy atom. The predicted octanol–water partition coefficient (Wildman–Crippen LogP) is 3.68. The van der Waals surface area contributed by atoms with E-state index in [0.29, 0.717) is 6.04 Å². The maximum absolute atomic E-state index is 4.60. The van der Waals surface area contributed by atoms with Crippen molar-refractivity contribution < 1.29 is 0 Å². The van der Waals surface area contributed by atoms with E-state index in [1.165, 1.54) is 46.0 Å². The number of thiophene rings is 1. The van der Waals surface area contributed by atoms with Gasteiger partial charge in [-0.15, -0.1) is 11.3 Å². The quantitative estimate of drug-likeness (QED) is 0.913. The van der Waals surface area contributed by atoms with Crippen molar-refractivity contribution in [3.05, 3.63) is 39.1 Å². The van der Waals surface area contributed by atoms with E-state index in [0.717, 1.165) is 19.5 Å². The summed E-state index contributed by atoms with van der Waals surface area (Å²) in [6.45, 7) is 8.58. The highest BCUT2D eigenvalue weighted by atomic mass is 32.1. The van der Waals surface area contributed by atoms with Gasteiger partial charge in [0, 0.05) is 34.6 Å². The number of nitrogens with zero attached hydrogens (tertiary/aromatic N) is 2. The summed E-state index contributed by atoms with van der Waals surface area (Å²) in [4.78, 5) is 7.48. The third-order valence-corrected chi connectivity index (χ3v) is 5.30. The van der Waals surface area contributed by atoms with E-state index in [1.54, 1.807) is 0 Å². The molecule has 21 heavy (non-hydrogen) atoms. The maximum atomic E-state index is 4.60. The lowest BCUT2D eigenvalue weighted by Gasteiger charge is -2.13. The molecule has 1 aliphatic rings. The Morgan fingerprint density at radius 3 is 2.95 bits per heavy atom. The standard InChI is InChI=1S/C17H25N3S/c1-12(2)18-9-15-8-14(13(3)21-15)10-20-11-19-16-6-4-5-7-17(16)20/h8,11-12,18H,4-7,9-10H2,1-3H3. The predicted molar refractivity (Wildman–Crippen MR) is 89.0 cm³/mol. The van der Waals surface area contributed by atoms with Crippen LogP contribution in [0.25, 0.3) is 0 Å². The molecule has 3 nitrogen and oxygen atoms in total. The number of rotatable bonds is 5. The average molecular weight is 303 g/mol. The molecule has 2 aromatic rings. The summed E-state index contributed by atoms with van der Waals surface area (Å²) in [5, 5.41) is 3.50. The van der Waals surface area contributed by atoms with Crippen LogP contribution in [0.1, 0.15) is 53.4 Å². The fourth-order valence-corrected chi connectivity index (χ4v) is 3.99. The van der Waals surface area contributed by atoms with Gasteiger partial charge >= 0.3 is 0 Å². The molecule has 0 fully saturated rings. The second-order valence-corrected chi connectivity index (χ2v) is 7.64. The number of hydrogen-bond donors (Lipinski definition) is 1. The van der Waals surface area contributed by atoms with Crippen LogP contribution >= 0.6 is 11.3 Å². The number of fused-ring (bicyclic) bond motifs is 1. The van der Waals surface area contributed by atoms with Gasteiger partial charge in [-0.2, -0.15) is 0 Å². The molecular weight excluding hydrogens is 278 g/mol. The molecule has 0 radical (unpaired) electrons. The summed E-state index contributed by atoms with van der Waals surface area (Å²) in [5.41, 5.74) is 4.25. The molecular formula is C17H25N3S. The van der Waals surface area contributed by atoms with Crippen LogP contribution in [0, 0.1) is 6.92 Å². The Bertz CT molecular complexity index is 610. The molecule has 1 aliphatic carbocycles. The first-order chi connectivity index (χ1) is 10.1. The number of hydrogen-bond acceptors (Lipinski definition) is 3. The van der Waals surface area contributed by atoms with Crippen molar-refractivity contribution in [2.24, 2.45) is 0 Å². The maximum Gasteiger partial charge on any atom is 0.0954 e. The van der Waals surface area contributed by atoms with Crippen molar-refractivity contribution in [2.75, 3.05) is 0 Å². The highest BCUT2D eigenvalue weighted by molar-refractivity contribution is 7.12. The smallest absolute Gasteiger partial charge is 0.0954 e. The molecule has 0 bridgehead atoms. The first-order valence-electron chi connectivity index (χ1n) is 7.98. The van der Waals surface area contributed by atoms with Gasteiger partial charge in [-0.25, -0.2) is 4.98 Å². The average Bonchev–Trinajstić information content (AvgIpc) is 3.02. The Morgan fingerprint density at radius 2 is 2.14 bits per heavy atom. The van der Waals surface area contributed by atoms with E-state index in [1.807, 2.05) is 17.7 Å². The van der Waals surface area contributed by atoms with Gasteiger partial charge in [-0.05, 0) is 44.2 Å². The first-order valence-corrected chi connectivity index (χ1v) is 8.79. The van der Waals surface area contributed by atoms with Gasteiger partial charge in [0.15, 0.2) is 0 Å². The second-order valence-electron chi connectivity index (χ2n) is 6.30. The van der Waals surface area contributed by atoms with Crippen molar-refractivity contribution >= 4 is 11.3 Å². The Balaban J connectivity index is 1.74. The number of imidazole rings is 1. The van der Waals surface area contributed by atoms with Gasteiger partial charge < -0.3 is 9.88 Å². The molecule has 4 heteroatoms. The summed E-state index contributed by atoms with van der Waals surface area (Å²) >= 11 is 1.92. The van der Waals surface area contributed by atoms with Crippen molar-refractivity contribution in [2.45, 2.75) is 65.6 Å². The molecule has 3 rings (SSSR count). The lowest BCUT2D eigenvalue weighted by molar-refractivity contribution is 0.593. The van der Waals surface area contributed by atoms with Crippen molar-refractivity contribution in [3.8, 4) is 0 Å². The van der Waals surface area contributed by atoms with Crippen molar-refractivity contribution in [3.63, 3.8) is 0 Å². The first kappa shape index (κ1) is 14.8.